The first kappa shape index (κ1) is 14.6. The maximum absolute atomic E-state index is 9.80. The van der Waals surface area contributed by atoms with Crippen LogP contribution in [0.1, 0.15) is 39.0 Å². The van der Waals surface area contributed by atoms with E-state index in [9.17, 15) is 5.11 Å². The molecule has 1 heterocycles. The van der Waals surface area contributed by atoms with Gasteiger partial charge in [0.05, 0.1) is 18.2 Å². The van der Waals surface area contributed by atoms with E-state index in [0.29, 0.717) is 12.0 Å². The molecule has 1 saturated carbocycles. The Morgan fingerprint density at radius 1 is 1.39 bits per heavy atom. The monoisotopic (exact) mass is 273 g/mol. The van der Waals surface area contributed by atoms with E-state index < -0.39 is 0 Å². The molecule has 2 fully saturated rings. The zero-order valence-corrected chi connectivity index (χ0v) is 12.3. The van der Waals surface area contributed by atoms with E-state index in [1.54, 1.807) is 0 Å². The quantitative estimate of drug-likeness (QED) is 0.674. The molecule has 0 amide bonds. The Balaban J connectivity index is 1.76. The summed E-state index contributed by atoms with van der Waals surface area (Å²) in [6.45, 7) is 4.41. The molecule has 0 aromatic rings. The minimum atomic E-state index is -0.0285. The fourth-order valence-electron chi connectivity index (χ4n) is 2.70. The van der Waals surface area contributed by atoms with Gasteiger partial charge in [-0.15, -0.1) is 0 Å². The predicted molar refractivity (Wildman–Crippen MR) is 77.1 cm³/mol. The summed E-state index contributed by atoms with van der Waals surface area (Å²) in [5.41, 5.74) is -0.0285. The van der Waals surface area contributed by atoms with Crippen LogP contribution in [0.25, 0.3) is 0 Å². The van der Waals surface area contributed by atoms with Crippen LogP contribution < -0.4 is 5.32 Å². The van der Waals surface area contributed by atoms with Gasteiger partial charge in [-0.1, -0.05) is 6.92 Å². The first-order valence-electron chi connectivity index (χ1n) is 7.36. The van der Waals surface area contributed by atoms with Gasteiger partial charge >= 0.3 is 0 Å². The summed E-state index contributed by atoms with van der Waals surface area (Å²) in [6.07, 6.45) is 6.56. The normalized spacial score (nSPS) is 27.3. The third-order valence-electron chi connectivity index (χ3n) is 4.06. The molecule has 1 aliphatic carbocycles. The number of hydrogen-bond donors (Lipinski definition) is 2. The van der Waals surface area contributed by atoms with E-state index in [-0.39, 0.29) is 12.1 Å². The maximum Gasteiger partial charge on any atom is 0.0666 e. The Bertz CT molecular complexity index is 242. The maximum atomic E-state index is 9.80. The van der Waals surface area contributed by atoms with Crippen molar-refractivity contribution >= 4 is 11.8 Å². The van der Waals surface area contributed by atoms with Crippen LogP contribution in [0.3, 0.4) is 0 Å². The van der Waals surface area contributed by atoms with Gasteiger partial charge in [0.15, 0.2) is 0 Å². The lowest BCUT2D eigenvalue weighted by atomic mass is 9.96. The number of rotatable bonds is 9. The van der Waals surface area contributed by atoms with Crippen LogP contribution in [0.5, 0.6) is 0 Å². The van der Waals surface area contributed by atoms with Crippen molar-refractivity contribution < 1.29 is 9.84 Å². The average Bonchev–Trinajstić information content (AvgIpc) is 3.12. The minimum Gasteiger partial charge on any atom is -0.394 e. The molecule has 0 aromatic heterocycles. The van der Waals surface area contributed by atoms with Gasteiger partial charge in [0.25, 0.3) is 0 Å². The zero-order chi connectivity index (χ0) is 12.8. The van der Waals surface area contributed by atoms with Crippen molar-refractivity contribution in [3.05, 3.63) is 0 Å². The third kappa shape index (κ3) is 3.86. The van der Waals surface area contributed by atoms with Gasteiger partial charge in [-0.3, -0.25) is 0 Å². The molecule has 2 unspecified atom stereocenters. The zero-order valence-electron chi connectivity index (χ0n) is 11.5. The number of hydrogen-bond acceptors (Lipinski definition) is 4. The Hall–Kier alpha value is 0.230. The highest BCUT2D eigenvalue weighted by molar-refractivity contribution is 7.99. The number of nitrogens with one attached hydrogen (secondary N) is 1. The van der Waals surface area contributed by atoms with Crippen LogP contribution in [-0.2, 0) is 4.74 Å². The number of aliphatic hydroxyl groups excluding tert-OH is 1. The van der Waals surface area contributed by atoms with E-state index in [1.807, 2.05) is 11.8 Å². The molecular formula is C14H27NO2S. The molecule has 1 saturated heterocycles. The molecule has 18 heavy (non-hydrogen) atoms. The largest absolute Gasteiger partial charge is 0.394 e. The molecular weight excluding hydrogens is 246 g/mol. The minimum absolute atomic E-state index is 0.0285. The molecule has 0 spiro atoms. The topological polar surface area (TPSA) is 41.5 Å². The average molecular weight is 273 g/mol. The fourth-order valence-corrected chi connectivity index (χ4v) is 4.14. The number of aliphatic hydroxyl groups is 1. The highest BCUT2D eigenvalue weighted by Gasteiger charge is 2.44. The predicted octanol–water partition coefficient (Wildman–Crippen LogP) is 2.04. The van der Waals surface area contributed by atoms with Crippen molar-refractivity contribution in [1.82, 2.24) is 5.32 Å². The summed E-state index contributed by atoms with van der Waals surface area (Å²) >= 11 is 1.95. The van der Waals surface area contributed by atoms with E-state index >= 15 is 0 Å². The van der Waals surface area contributed by atoms with Gasteiger partial charge in [-0.05, 0) is 44.6 Å². The van der Waals surface area contributed by atoms with Crippen molar-refractivity contribution in [3.8, 4) is 0 Å². The van der Waals surface area contributed by atoms with E-state index in [1.165, 1.54) is 25.7 Å². The van der Waals surface area contributed by atoms with Gasteiger partial charge in [0, 0.05) is 18.1 Å². The SMILES string of the molecule is CCCNC(CO)(CSCC1CCCO1)C1CC1. The highest BCUT2D eigenvalue weighted by Crippen LogP contribution is 2.41. The highest BCUT2D eigenvalue weighted by atomic mass is 32.2. The van der Waals surface area contributed by atoms with Crippen molar-refractivity contribution in [2.75, 3.05) is 31.3 Å². The summed E-state index contributed by atoms with van der Waals surface area (Å²) in [6, 6.07) is 0. The van der Waals surface area contributed by atoms with Gasteiger partial charge in [-0.2, -0.15) is 11.8 Å². The molecule has 0 radical (unpaired) electrons. The molecule has 2 N–H and O–H groups in total. The van der Waals surface area contributed by atoms with Crippen molar-refractivity contribution in [2.24, 2.45) is 5.92 Å². The summed E-state index contributed by atoms with van der Waals surface area (Å²) in [5.74, 6) is 2.79. The molecule has 1 aliphatic heterocycles. The molecule has 0 aromatic carbocycles. The Morgan fingerprint density at radius 3 is 2.78 bits per heavy atom. The standard InChI is InChI=1S/C14H27NO2S/c1-2-7-15-14(10-16,12-5-6-12)11-18-9-13-4-3-8-17-13/h12-13,15-16H,2-11H2,1H3. The van der Waals surface area contributed by atoms with Crippen molar-refractivity contribution in [3.63, 3.8) is 0 Å². The van der Waals surface area contributed by atoms with E-state index in [2.05, 4.69) is 12.2 Å². The lowest BCUT2D eigenvalue weighted by Crippen LogP contribution is -2.53. The lowest BCUT2D eigenvalue weighted by Gasteiger charge is -2.33. The first-order valence-corrected chi connectivity index (χ1v) is 8.51. The van der Waals surface area contributed by atoms with Crippen LogP contribution in [0.4, 0.5) is 0 Å². The van der Waals surface area contributed by atoms with E-state index in [4.69, 9.17) is 4.74 Å². The second-order valence-corrected chi connectivity index (χ2v) is 6.70. The van der Waals surface area contributed by atoms with Crippen molar-refractivity contribution in [2.45, 2.75) is 50.7 Å². The fraction of sp³-hybridized carbons (Fsp3) is 1.00. The van der Waals surface area contributed by atoms with Gasteiger partial charge in [-0.25, -0.2) is 0 Å². The summed E-state index contributed by atoms with van der Waals surface area (Å²) < 4.78 is 5.65. The van der Waals surface area contributed by atoms with Crippen LogP contribution in [-0.4, -0.2) is 48.0 Å². The molecule has 3 nitrogen and oxygen atoms in total. The molecule has 2 atom stereocenters. The number of ether oxygens (including phenoxy) is 1. The van der Waals surface area contributed by atoms with Gasteiger partial charge in [0.2, 0.25) is 0 Å². The lowest BCUT2D eigenvalue weighted by molar-refractivity contribution is 0.128. The van der Waals surface area contributed by atoms with Crippen LogP contribution in [0.2, 0.25) is 0 Å². The van der Waals surface area contributed by atoms with Crippen LogP contribution in [0.15, 0.2) is 0 Å². The Labute approximate surface area is 115 Å². The van der Waals surface area contributed by atoms with E-state index in [0.717, 1.165) is 31.1 Å². The molecule has 106 valence electrons. The molecule has 2 rings (SSSR count). The van der Waals surface area contributed by atoms with Crippen LogP contribution in [0, 0.1) is 5.92 Å². The second kappa shape index (κ2) is 7.13. The second-order valence-electron chi connectivity index (χ2n) is 5.67. The first-order chi connectivity index (χ1) is 8.80. The Morgan fingerprint density at radius 2 is 2.22 bits per heavy atom. The summed E-state index contributed by atoms with van der Waals surface area (Å²) in [7, 11) is 0. The molecule has 2 aliphatic rings. The Kier molecular flexibility index (Phi) is 5.80. The van der Waals surface area contributed by atoms with Crippen LogP contribution >= 0.6 is 11.8 Å². The van der Waals surface area contributed by atoms with Gasteiger partial charge < -0.3 is 15.2 Å². The van der Waals surface area contributed by atoms with Crippen molar-refractivity contribution in [1.29, 1.82) is 0 Å². The van der Waals surface area contributed by atoms with Gasteiger partial charge in [0.1, 0.15) is 0 Å². The smallest absolute Gasteiger partial charge is 0.0666 e. The molecule has 0 bridgehead atoms. The summed E-state index contributed by atoms with van der Waals surface area (Å²) in [5, 5.41) is 13.4. The molecule has 4 heteroatoms. The number of thioether (sulfide) groups is 1. The third-order valence-corrected chi connectivity index (χ3v) is 5.38. The summed E-state index contributed by atoms with van der Waals surface area (Å²) in [4.78, 5) is 0.